The number of nitrogens with two attached hydrogens (primary N) is 1. The largest absolute Gasteiger partial charge is 0.324 e. The molecule has 1 unspecified atom stereocenters. The number of aromatic nitrogens is 1. The molecule has 88 valence electrons. The van der Waals surface area contributed by atoms with Crippen LogP contribution in [-0.2, 0) is 6.42 Å². The molecular weight excluding hydrogens is 283 g/mol. The van der Waals surface area contributed by atoms with Crippen molar-refractivity contribution in [3.8, 4) is 0 Å². The predicted molar refractivity (Wildman–Crippen MR) is 69.0 cm³/mol. The predicted octanol–water partition coefficient (Wildman–Crippen LogP) is 3.23. The molecule has 0 radical (unpaired) electrons. The SMILES string of the molecule is NC(Cc1cccnc1)c1ccc(Br)c(F)c1. The van der Waals surface area contributed by atoms with Gasteiger partial charge in [-0.3, -0.25) is 4.98 Å². The summed E-state index contributed by atoms with van der Waals surface area (Å²) in [4.78, 5) is 4.03. The number of halogens is 2. The highest BCUT2D eigenvalue weighted by atomic mass is 79.9. The van der Waals surface area contributed by atoms with Crippen LogP contribution < -0.4 is 5.73 Å². The molecule has 1 atom stereocenters. The summed E-state index contributed by atoms with van der Waals surface area (Å²) in [6.07, 6.45) is 4.14. The summed E-state index contributed by atoms with van der Waals surface area (Å²) in [6, 6.07) is 8.57. The van der Waals surface area contributed by atoms with Crippen LogP contribution in [0.3, 0.4) is 0 Å². The van der Waals surface area contributed by atoms with Crippen LogP contribution in [0.4, 0.5) is 4.39 Å². The van der Waals surface area contributed by atoms with Crippen molar-refractivity contribution in [3.63, 3.8) is 0 Å². The average molecular weight is 295 g/mol. The molecule has 0 aliphatic heterocycles. The Kier molecular flexibility index (Phi) is 3.86. The molecule has 0 aliphatic carbocycles. The van der Waals surface area contributed by atoms with E-state index in [4.69, 9.17) is 5.73 Å². The molecule has 2 N–H and O–H groups in total. The minimum Gasteiger partial charge on any atom is -0.324 e. The standard InChI is InChI=1S/C13H12BrFN2/c14-11-4-3-10(7-12(11)15)13(16)6-9-2-1-5-17-8-9/h1-5,7-8,13H,6,16H2. The van der Waals surface area contributed by atoms with Crippen LogP contribution in [0.1, 0.15) is 17.2 Å². The molecule has 1 aromatic heterocycles. The smallest absolute Gasteiger partial charge is 0.137 e. The van der Waals surface area contributed by atoms with Crippen molar-refractivity contribution in [2.24, 2.45) is 5.73 Å². The number of benzene rings is 1. The van der Waals surface area contributed by atoms with Gasteiger partial charge in [0.05, 0.1) is 4.47 Å². The van der Waals surface area contributed by atoms with E-state index in [-0.39, 0.29) is 11.9 Å². The zero-order valence-corrected chi connectivity index (χ0v) is 10.7. The van der Waals surface area contributed by atoms with Gasteiger partial charge in [0.1, 0.15) is 5.82 Å². The fourth-order valence-corrected chi connectivity index (χ4v) is 1.88. The Balaban J connectivity index is 2.14. The number of rotatable bonds is 3. The average Bonchev–Trinajstić information content (AvgIpc) is 2.34. The number of hydrogen-bond acceptors (Lipinski definition) is 2. The molecule has 0 saturated heterocycles. The molecule has 0 saturated carbocycles. The fourth-order valence-electron chi connectivity index (χ4n) is 1.63. The highest BCUT2D eigenvalue weighted by molar-refractivity contribution is 9.10. The number of hydrogen-bond donors (Lipinski definition) is 1. The number of nitrogens with zero attached hydrogens (tertiary/aromatic N) is 1. The Morgan fingerprint density at radius 3 is 2.82 bits per heavy atom. The lowest BCUT2D eigenvalue weighted by Crippen LogP contribution is -2.13. The first kappa shape index (κ1) is 12.2. The summed E-state index contributed by atoms with van der Waals surface area (Å²) in [5, 5.41) is 0. The molecule has 0 amide bonds. The van der Waals surface area contributed by atoms with E-state index in [9.17, 15) is 4.39 Å². The van der Waals surface area contributed by atoms with Crippen molar-refractivity contribution >= 4 is 15.9 Å². The second-order valence-corrected chi connectivity index (χ2v) is 4.70. The molecule has 0 spiro atoms. The zero-order valence-electron chi connectivity index (χ0n) is 9.11. The van der Waals surface area contributed by atoms with E-state index in [1.165, 1.54) is 6.07 Å². The first-order chi connectivity index (χ1) is 8.16. The molecule has 2 nitrogen and oxygen atoms in total. The van der Waals surface area contributed by atoms with E-state index in [1.807, 2.05) is 18.2 Å². The van der Waals surface area contributed by atoms with Gasteiger partial charge in [-0.05, 0) is 51.7 Å². The maximum absolute atomic E-state index is 13.4. The third kappa shape index (κ3) is 3.11. The third-order valence-corrected chi connectivity index (χ3v) is 3.19. The second kappa shape index (κ2) is 5.38. The minimum atomic E-state index is -0.288. The van der Waals surface area contributed by atoms with Crippen molar-refractivity contribution in [1.29, 1.82) is 0 Å². The molecule has 1 aromatic carbocycles. The van der Waals surface area contributed by atoms with Crippen molar-refractivity contribution in [1.82, 2.24) is 4.98 Å². The quantitative estimate of drug-likeness (QED) is 0.944. The monoisotopic (exact) mass is 294 g/mol. The van der Waals surface area contributed by atoms with Crippen molar-refractivity contribution in [2.75, 3.05) is 0 Å². The Bertz CT molecular complexity index is 502. The summed E-state index contributed by atoms with van der Waals surface area (Å²) in [7, 11) is 0. The van der Waals surface area contributed by atoms with Crippen molar-refractivity contribution in [3.05, 3.63) is 64.1 Å². The zero-order chi connectivity index (χ0) is 12.3. The fraction of sp³-hybridized carbons (Fsp3) is 0.154. The Labute approximate surface area is 108 Å². The van der Waals surface area contributed by atoms with Crippen LogP contribution in [0.25, 0.3) is 0 Å². The van der Waals surface area contributed by atoms with Crippen LogP contribution in [0, 0.1) is 5.82 Å². The third-order valence-electron chi connectivity index (χ3n) is 2.55. The Morgan fingerprint density at radius 2 is 2.18 bits per heavy atom. The van der Waals surface area contributed by atoms with E-state index in [2.05, 4.69) is 20.9 Å². The molecule has 0 bridgehead atoms. The molecule has 0 fully saturated rings. The highest BCUT2D eigenvalue weighted by Gasteiger charge is 2.09. The van der Waals surface area contributed by atoms with Crippen molar-refractivity contribution < 1.29 is 4.39 Å². The first-order valence-corrected chi connectivity index (χ1v) is 6.05. The Morgan fingerprint density at radius 1 is 1.35 bits per heavy atom. The van der Waals surface area contributed by atoms with E-state index in [0.717, 1.165) is 11.1 Å². The molecule has 17 heavy (non-hydrogen) atoms. The summed E-state index contributed by atoms with van der Waals surface area (Å²) in [5.74, 6) is -0.288. The van der Waals surface area contributed by atoms with Gasteiger partial charge in [-0.2, -0.15) is 0 Å². The van der Waals surface area contributed by atoms with E-state index in [0.29, 0.717) is 10.9 Å². The number of pyridine rings is 1. The Hall–Kier alpha value is -1.26. The summed E-state index contributed by atoms with van der Waals surface area (Å²) >= 11 is 3.12. The van der Waals surface area contributed by atoms with Gasteiger partial charge in [0.2, 0.25) is 0 Å². The minimum absolute atomic E-state index is 0.221. The molecule has 2 rings (SSSR count). The van der Waals surface area contributed by atoms with Gasteiger partial charge in [-0.25, -0.2) is 4.39 Å². The maximum Gasteiger partial charge on any atom is 0.137 e. The molecular formula is C13H12BrFN2. The van der Waals surface area contributed by atoms with Crippen molar-refractivity contribution in [2.45, 2.75) is 12.5 Å². The lowest BCUT2D eigenvalue weighted by molar-refractivity contribution is 0.612. The molecule has 0 aliphatic rings. The van der Waals surface area contributed by atoms with Crippen LogP contribution in [0.15, 0.2) is 47.2 Å². The van der Waals surface area contributed by atoms with Crippen LogP contribution in [0.5, 0.6) is 0 Å². The van der Waals surface area contributed by atoms with Gasteiger partial charge in [0, 0.05) is 18.4 Å². The lowest BCUT2D eigenvalue weighted by Gasteiger charge is -2.12. The van der Waals surface area contributed by atoms with E-state index in [1.54, 1.807) is 18.5 Å². The maximum atomic E-state index is 13.4. The summed E-state index contributed by atoms with van der Waals surface area (Å²) in [5.41, 5.74) is 7.87. The lowest BCUT2D eigenvalue weighted by atomic mass is 10.0. The van der Waals surface area contributed by atoms with E-state index < -0.39 is 0 Å². The van der Waals surface area contributed by atoms with Crippen LogP contribution in [-0.4, -0.2) is 4.98 Å². The normalized spacial score (nSPS) is 12.4. The highest BCUT2D eigenvalue weighted by Crippen LogP contribution is 2.21. The van der Waals surface area contributed by atoms with Crippen LogP contribution >= 0.6 is 15.9 Å². The van der Waals surface area contributed by atoms with E-state index >= 15 is 0 Å². The van der Waals surface area contributed by atoms with Gasteiger partial charge in [-0.1, -0.05) is 12.1 Å². The first-order valence-electron chi connectivity index (χ1n) is 5.26. The van der Waals surface area contributed by atoms with Gasteiger partial charge >= 0.3 is 0 Å². The summed E-state index contributed by atoms with van der Waals surface area (Å²) < 4.78 is 13.8. The van der Waals surface area contributed by atoms with Gasteiger partial charge in [-0.15, -0.1) is 0 Å². The van der Waals surface area contributed by atoms with Gasteiger partial charge < -0.3 is 5.73 Å². The molecule has 1 heterocycles. The topological polar surface area (TPSA) is 38.9 Å². The van der Waals surface area contributed by atoms with Crippen LogP contribution in [0.2, 0.25) is 0 Å². The second-order valence-electron chi connectivity index (χ2n) is 3.85. The summed E-state index contributed by atoms with van der Waals surface area (Å²) in [6.45, 7) is 0. The van der Waals surface area contributed by atoms with Gasteiger partial charge in [0.25, 0.3) is 0 Å². The van der Waals surface area contributed by atoms with Gasteiger partial charge in [0.15, 0.2) is 0 Å². The molecule has 2 aromatic rings. The molecule has 4 heteroatoms.